The third-order valence-corrected chi connectivity index (χ3v) is 11.9. The monoisotopic (exact) mass is 540 g/mol. The van der Waals surface area contributed by atoms with Gasteiger partial charge < -0.3 is 19.7 Å². The second-order valence-corrected chi connectivity index (χ2v) is 13.3. The van der Waals surface area contributed by atoms with Crippen LogP contribution in [0.4, 0.5) is 5.69 Å². The lowest BCUT2D eigenvalue weighted by atomic mass is 9.46. The molecule has 2 N–H and O–H groups in total. The van der Waals surface area contributed by atoms with Crippen molar-refractivity contribution >= 4 is 21.7 Å². The molecule has 2 spiro atoms. The highest BCUT2D eigenvalue weighted by molar-refractivity contribution is 7.93. The summed E-state index contributed by atoms with van der Waals surface area (Å²) in [7, 11) is -3.15. The highest BCUT2D eigenvalue weighted by Crippen LogP contribution is 2.72. The number of piperidine rings is 1. The minimum absolute atomic E-state index is 0.0387. The number of para-hydroxylation sites is 1. The zero-order valence-electron chi connectivity index (χ0n) is 21.5. The summed E-state index contributed by atoms with van der Waals surface area (Å²) in [5.41, 5.74) is -2.54. The molecule has 38 heavy (non-hydrogen) atoms. The minimum atomic E-state index is -4.30. The number of ether oxygens (including phenoxy) is 2. The molecule has 0 amide bonds. The Kier molecular flexibility index (Phi) is 4.89. The van der Waals surface area contributed by atoms with Gasteiger partial charge in [0.2, 0.25) is 11.4 Å². The van der Waals surface area contributed by atoms with Crippen LogP contribution in [-0.2, 0) is 29.7 Å². The minimum Gasteiger partial charge on any atom is -0.467 e. The van der Waals surface area contributed by atoms with E-state index in [-0.39, 0.29) is 17.5 Å². The molecule has 0 unspecified atom stereocenters. The summed E-state index contributed by atoms with van der Waals surface area (Å²) in [5, 5.41) is 25.2. The Labute approximate surface area is 222 Å². The Morgan fingerprint density at radius 2 is 1.76 bits per heavy atom. The van der Waals surface area contributed by atoms with Gasteiger partial charge in [0.1, 0.15) is 6.04 Å². The van der Waals surface area contributed by atoms with Crippen molar-refractivity contribution in [3.8, 4) is 0 Å². The Bertz CT molecular complexity index is 1450. The average Bonchev–Trinajstić information content (AvgIpc) is 3.56. The van der Waals surface area contributed by atoms with E-state index in [0.29, 0.717) is 31.5 Å². The molecule has 0 radical (unpaired) electrons. The van der Waals surface area contributed by atoms with Crippen molar-refractivity contribution in [1.82, 2.24) is 4.90 Å². The maximum atomic E-state index is 14.5. The molecule has 4 heterocycles. The van der Waals surface area contributed by atoms with Gasteiger partial charge in [-0.25, -0.2) is 13.2 Å². The van der Waals surface area contributed by atoms with E-state index in [2.05, 4.69) is 4.90 Å². The summed E-state index contributed by atoms with van der Waals surface area (Å²) in [5.74, 6) is -3.43. The SMILES string of the molecule is COC(=O)[C@]1(O)[C@@H]2N(S(=O)(=O)c3ccc(C)cc3)c3ccccc3[C@@]23CCN2CCC[C@]4(CCO[C@@]41O)[C@H]23. The third-order valence-electron chi connectivity index (χ3n) is 10.1. The predicted molar refractivity (Wildman–Crippen MR) is 137 cm³/mol. The quantitative estimate of drug-likeness (QED) is 0.565. The van der Waals surface area contributed by atoms with Gasteiger partial charge in [0, 0.05) is 16.9 Å². The molecule has 10 heteroatoms. The number of hydrogen-bond acceptors (Lipinski definition) is 8. The second kappa shape index (κ2) is 7.57. The van der Waals surface area contributed by atoms with Gasteiger partial charge in [-0.3, -0.25) is 9.21 Å². The first-order chi connectivity index (χ1) is 18.1. The van der Waals surface area contributed by atoms with Crippen molar-refractivity contribution in [2.24, 2.45) is 5.41 Å². The van der Waals surface area contributed by atoms with Crippen LogP contribution in [0.5, 0.6) is 0 Å². The number of esters is 1. The largest absolute Gasteiger partial charge is 0.467 e. The van der Waals surface area contributed by atoms with E-state index in [1.54, 1.807) is 24.3 Å². The molecule has 6 atom stereocenters. The Morgan fingerprint density at radius 1 is 1.03 bits per heavy atom. The van der Waals surface area contributed by atoms with Crippen molar-refractivity contribution in [2.45, 2.75) is 66.4 Å². The number of carbonyl (C=O) groups excluding carboxylic acids is 1. The maximum Gasteiger partial charge on any atom is 0.345 e. The van der Waals surface area contributed by atoms with E-state index < -0.39 is 44.3 Å². The first-order valence-electron chi connectivity index (χ1n) is 13.2. The number of sulfonamides is 1. The molecule has 0 bridgehead atoms. The first-order valence-corrected chi connectivity index (χ1v) is 14.7. The number of carbonyl (C=O) groups is 1. The van der Waals surface area contributed by atoms with Gasteiger partial charge >= 0.3 is 5.97 Å². The average molecular weight is 541 g/mol. The number of benzene rings is 2. The number of aliphatic hydroxyl groups is 2. The number of nitrogens with zero attached hydrogens (tertiary/aromatic N) is 2. The number of rotatable bonds is 3. The van der Waals surface area contributed by atoms with Gasteiger partial charge in [-0.1, -0.05) is 35.9 Å². The Balaban J connectivity index is 1.58. The molecule has 1 aliphatic carbocycles. The molecule has 0 aromatic heterocycles. The van der Waals surface area contributed by atoms with Crippen LogP contribution in [0.25, 0.3) is 0 Å². The molecule has 2 aromatic carbocycles. The van der Waals surface area contributed by atoms with Gasteiger partial charge in [-0.2, -0.15) is 0 Å². The standard InChI is InChI=1S/C28H32N2O7S/c1-18-8-10-19(11-9-18)38(34,35)30-21-7-4-3-6-20(21)26-13-16-29-15-5-12-25(22(26)29)14-17-37-28(25,33)27(32,23(26)30)24(31)36-2/h3-4,6-11,22-23,32-33H,5,12-17H2,1-2H3/t22-,23+,25-,26+,27+,28-/m0/s1. The zero-order valence-corrected chi connectivity index (χ0v) is 22.3. The van der Waals surface area contributed by atoms with E-state index in [1.807, 2.05) is 19.1 Å². The van der Waals surface area contributed by atoms with Gasteiger partial charge in [-0.05, 0) is 69.5 Å². The lowest BCUT2D eigenvalue weighted by Crippen LogP contribution is -2.86. The molecule has 9 nitrogen and oxygen atoms in total. The molecular formula is C28H32N2O7S. The van der Waals surface area contributed by atoms with E-state index in [1.165, 1.54) is 16.4 Å². The summed E-state index contributed by atoms with van der Waals surface area (Å²) in [6.45, 7) is 3.47. The number of methoxy groups -OCH3 is 1. The highest BCUT2D eigenvalue weighted by atomic mass is 32.2. The van der Waals surface area contributed by atoms with E-state index in [4.69, 9.17) is 9.47 Å². The smallest absolute Gasteiger partial charge is 0.345 e. The molecule has 4 aliphatic heterocycles. The number of anilines is 1. The van der Waals surface area contributed by atoms with Crippen LogP contribution >= 0.6 is 0 Å². The number of hydrogen-bond donors (Lipinski definition) is 2. The molecule has 3 saturated heterocycles. The summed E-state index contributed by atoms with van der Waals surface area (Å²) in [6, 6.07) is 12.1. The Hall–Kier alpha value is -2.50. The molecule has 7 rings (SSSR count). The van der Waals surface area contributed by atoms with Gasteiger partial charge in [-0.15, -0.1) is 0 Å². The summed E-state index contributed by atoms with van der Waals surface area (Å²) < 4.78 is 41.4. The van der Waals surface area contributed by atoms with Crippen molar-refractivity contribution in [3.63, 3.8) is 0 Å². The Morgan fingerprint density at radius 3 is 2.50 bits per heavy atom. The molecule has 4 fully saturated rings. The topological polar surface area (TPSA) is 117 Å². The van der Waals surface area contributed by atoms with E-state index >= 15 is 0 Å². The van der Waals surface area contributed by atoms with Crippen molar-refractivity contribution < 1.29 is 32.9 Å². The fraction of sp³-hybridized carbons (Fsp3) is 0.536. The van der Waals surface area contributed by atoms with E-state index in [9.17, 15) is 23.4 Å². The predicted octanol–water partition coefficient (Wildman–Crippen LogP) is 1.69. The van der Waals surface area contributed by atoms with Crippen LogP contribution in [-0.4, -0.2) is 79.8 Å². The van der Waals surface area contributed by atoms with Crippen molar-refractivity contribution in [3.05, 3.63) is 59.7 Å². The molecule has 2 aromatic rings. The van der Waals surface area contributed by atoms with Crippen LogP contribution in [0.3, 0.4) is 0 Å². The lowest BCUT2D eigenvalue weighted by molar-refractivity contribution is -0.354. The van der Waals surface area contributed by atoms with Gasteiger partial charge in [0.05, 0.1) is 24.3 Å². The fourth-order valence-corrected chi connectivity index (χ4v) is 10.6. The van der Waals surface area contributed by atoms with Crippen LogP contribution in [0.2, 0.25) is 0 Å². The highest BCUT2D eigenvalue weighted by Gasteiger charge is 2.88. The molecule has 5 aliphatic rings. The van der Waals surface area contributed by atoms with Crippen LogP contribution < -0.4 is 4.31 Å². The summed E-state index contributed by atoms with van der Waals surface area (Å²) >= 11 is 0. The molecule has 1 saturated carbocycles. The maximum absolute atomic E-state index is 14.5. The van der Waals surface area contributed by atoms with Crippen LogP contribution in [0.15, 0.2) is 53.4 Å². The zero-order chi connectivity index (χ0) is 26.7. The first kappa shape index (κ1) is 24.5. The summed E-state index contributed by atoms with van der Waals surface area (Å²) in [6.07, 6.45) is 2.29. The number of aryl methyl sites for hydroxylation is 1. The van der Waals surface area contributed by atoms with E-state index in [0.717, 1.165) is 31.2 Å². The van der Waals surface area contributed by atoms with Crippen LogP contribution in [0.1, 0.15) is 36.8 Å². The molecular weight excluding hydrogens is 508 g/mol. The molecule has 202 valence electrons. The third kappa shape index (κ3) is 2.48. The van der Waals surface area contributed by atoms with Crippen molar-refractivity contribution in [2.75, 3.05) is 31.1 Å². The fourth-order valence-electron chi connectivity index (χ4n) is 8.89. The second-order valence-electron chi connectivity index (χ2n) is 11.5. The van der Waals surface area contributed by atoms with Gasteiger partial charge in [0.15, 0.2) is 0 Å². The van der Waals surface area contributed by atoms with Gasteiger partial charge in [0.25, 0.3) is 10.0 Å². The lowest BCUT2D eigenvalue weighted by Gasteiger charge is -2.65. The van der Waals surface area contributed by atoms with Crippen molar-refractivity contribution in [1.29, 1.82) is 0 Å². The summed E-state index contributed by atoms with van der Waals surface area (Å²) in [4.78, 5) is 16.1. The normalized spacial score (nSPS) is 39.3. The number of fused-ring (bicyclic) bond motifs is 1. The van der Waals surface area contributed by atoms with Crippen LogP contribution in [0, 0.1) is 12.3 Å².